The lowest BCUT2D eigenvalue weighted by Crippen LogP contribution is -2.35. The van der Waals surface area contributed by atoms with E-state index in [1.807, 2.05) is 40.6 Å². The van der Waals surface area contributed by atoms with Crippen LogP contribution in [-0.4, -0.2) is 36.0 Å². The van der Waals surface area contributed by atoms with Crippen molar-refractivity contribution in [2.75, 3.05) is 20.2 Å². The molecule has 0 bridgehead atoms. The van der Waals surface area contributed by atoms with E-state index >= 15 is 0 Å². The summed E-state index contributed by atoms with van der Waals surface area (Å²) in [6.45, 7) is 1.42. The number of nitrogens with zero attached hydrogens (tertiary/aromatic N) is 2. The predicted octanol–water partition coefficient (Wildman–Crippen LogP) is 4.68. The van der Waals surface area contributed by atoms with Gasteiger partial charge in [-0.15, -0.1) is 11.3 Å². The SMILES string of the molecule is COc1ccc(-c2nc(CC(=O)N3CC=C(c4ccccc4)CC3)cs2)cc1. The van der Waals surface area contributed by atoms with Crippen molar-refractivity contribution in [1.82, 2.24) is 9.88 Å². The van der Waals surface area contributed by atoms with Gasteiger partial charge in [-0.05, 0) is 41.8 Å². The summed E-state index contributed by atoms with van der Waals surface area (Å²) in [7, 11) is 1.65. The van der Waals surface area contributed by atoms with E-state index in [1.165, 1.54) is 11.1 Å². The number of methoxy groups -OCH3 is 1. The minimum absolute atomic E-state index is 0.134. The van der Waals surface area contributed by atoms with Crippen molar-refractivity contribution < 1.29 is 9.53 Å². The zero-order valence-corrected chi connectivity index (χ0v) is 16.6. The van der Waals surface area contributed by atoms with Gasteiger partial charge in [-0.3, -0.25) is 4.79 Å². The summed E-state index contributed by atoms with van der Waals surface area (Å²) in [5.74, 6) is 0.957. The molecule has 0 unspecified atom stereocenters. The zero-order chi connectivity index (χ0) is 19.3. The van der Waals surface area contributed by atoms with Crippen LogP contribution in [0.25, 0.3) is 16.1 Å². The van der Waals surface area contributed by atoms with Crippen molar-refractivity contribution in [2.45, 2.75) is 12.8 Å². The zero-order valence-electron chi connectivity index (χ0n) is 15.8. The molecule has 1 aliphatic heterocycles. The lowest BCUT2D eigenvalue weighted by Gasteiger charge is -2.26. The number of ether oxygens (including phenoxy) is 1. The van der Waals surface area contributed by atoms with Crippen LogP contribution < -0.4 is 4.74 Å². The van der Waals surface area contributed by atoms with Gasteiger partial charge in [0.1, 0.15) is 10.8 Å². The van der Waals surface area contributed by atoms with Gasteiger partial charge in [0.05, 0.1) is 19.2 Å². The Hall–Kier alpha value is -2.92. The summed E-state index contributed by atoms with van der Waals surface area (Å²) in [5, 5.41) is 2.91. The molecule has 0 saturated carbocycles. The maximum Gasteiger partial charge on any atom is 0.228 e. The number of carbonyl (C=O) groups is 1. The molecule has 3 aromatic rings. The van der Waals surface area contributed by atoms with E-state index in [2.05, 4.69) is 35.3 Å². The minimum atomic E-state index is 0.134. The number of rotatable bonds is 5. The maximum absolute atomic E-state index is 12.7. The Morgan fingerprint density at radius 3 is 2.57 bits per heavy atom. The molecule has 142 valence electrons. The van der Waals surface area contributed by atoms with Crippen molar-refractivity contribution >= 4 is 22.8 Å². The van der Waals surface area contributed by atoms with Crippen LogP contribution in [0, 0.1) is 0 Å². The Balaban J connectivity index is 1.38. The third kappa shape index (κ3) is 4.15. The van der Waals surface area contributed by atoms with Crippen LogP contribution in [0.5, 0.6) is 5.75 Å². The molecule has 1 aromatic heterocycles. The van der Waals surface area contributed by atoms with Crippen molar-refractivity contribution in [3.05, 3.63) is 77.3 Å². The average molecular weight is 391 g/mol. The van der Waals surface area contributed by atoms with Gasteiger partial charge < -0.3 is 9.64 Å². The minimum Gasteiger partial charge on any atom is -0.497 e. The Bertz CT molecular complexity index is 977. The number of aromatic nitrogens is 1. The van der Waals surface area contributed by atoms with Crippen molar-refractivity contribution in [3.8, 4) is 16.3 Å². The normalized spacial score (nSPS) is 13.9. The third-order valence-electron chi connectivity index (χ3n) is 4.93. The first-order valence-corrected chi connectivity index (χ1v) is 10.2. The standard InChI is InChI=1S/C23H22N2O2S/c1-27-21-9-7-19(8-10-21)23-24-20(16-28-23)15-22(26)25-13-11-18(12-14-25)17-5-3-2-4-6-17/h2-11,16H,12-15H2,1H3. The highest BCUT2D eigenvalue weighted by atomic mass is 32.1. The molecule has 4 nitrogen and oxygen atoms in total. The van der Waals surface area contributed by atoms with E-state index in [0.717, 1.165) is 35.0 Å². The van der Waals surface area contributed by atoms with Crippen LogP contribution in [0.4, 0.5) is 0 Å². The quantitative estimate of drug-likeness (QED) is 0.635. The van der Waals surface area contributed by atoms with Crippen LogP contribution in [0.3, 0.4) is 0 Å². The lowest BCUT2D eigenvalue weighted by molar-refractivity contribution is -0.130. The fraction of sp³-hybridized carbons (Fsp3) is 0.217. The molecule has 0 N–H and O–H groups in total. The number of benzene rings is 2. The van der Waals surface area contributed by atoms with Gasteiger partial charge in [0.25, 0.3) is 0 Å². The van der Waals surface area contributed by atoms with Crippen molar-refractivity contribution in [1.29, 1.82) is 0 Å². The van der Waals surface area contributed by atoms with Gasteiger partial charge in [0, 0.05) is 24.0 Å². The lowest BCUT2D eigenvalue weighted by atomic mass is 9.99. The first kappa shape index (κ1) is 18.4. The summed E-state index contributed by atoms with van der Waals surface area (Å²) in [6.07, 6.45) is 3.41. The monoisotopic (exact) mass is 390 g/mol. The van der Waals surface area contributed by atoms with E-state index in [9.17, 15) is 4.79 Å². The van der Waals surface area contributed by atoms with Crippen LogP contribution in [-0.2, 0) is 11.2 Å². The fourth-order valence-electron chi connectivity index (χ4n) is 3.33. The topological polar surface area (TPSA) is 42.4 Å². The molecule has 5 heteroatoms. The van der Waals surface area contributed by atoms with E-state index in [-0.39, 0.29) is 5.91 Å². The second-order valence-corrected chi connectivity index (χ2v) is 7.59. The molecule has 4 rings (SSSR count). The molecule has 0 aliphatic carbocycles. The van der Waals surface area contributed by atoms with Gasteiger partial charge >= 0.3 is 0 Å². The fourth-order valence-corrected chi connectivity index (χ4v) is 4.16. The predicted molar refractivity (Wildman–Crippen MR) is 113 cm³/mol. The molecule has 0 spiro atoms. The molecule has 2 aromatic carbocycles. The van der Waals surface area contributed by atoms with E-state index < -0.39 is 0 Å². The van der Waals surface area contributed by atoms with Crippen LogP contribution in [0.15, 0.2) is 66.1 Å². The Kier molecular flexibility index (Phi) is 5.53. The second-order valence-electron chi connectivity index (χ2n) is 6.73. The van der Waals surface area contributed by atoms with Crippen LogP contribution in [0.2, 0.25) is 0 Å². The average Bonchev–Trinajstić information content (AvgIpc) is 3.23. The highest BCUT2D eigenvalue weighted by molar-refractivity contribution is 7.13. The summed E-state index contributed by atoms with van der Waals surface area (Å²) in [4.78, 5) is 19.2. The largest absolute Gasteiger partial charge is 0.497 e. The Morgan fingerprint density at radius 1 is 1.11 bits per heavy atom. The molecule has 0 radical (unpaired) electrons. The van der Waals surface area contributed by atoms with Gasteiger partial charge in [0.15, 0.2) is 0 Å². The smallest absolute Gasteiger partial charge is 0.228 e. The first-order valence-electron chi connectivity index (χ1n) is 9.34. The molecule has 0 saturated heterocycles. The summed E-state index contributed by atoms with van der Waals surface area (Å²) in [5.41, 5.74) is 4.44. The Morgan fingerprint density at radius 2 is 1.89 bits per heavy atom. The Labute approximate surface area is 169 Å². The molecule has 0 fully saturated rings. The summed E-state index contributed by atoms with van der Waals surface area (Å²) < 4.78 is 5.19. The number of carbonyl (C=O) groups excluding carboxylic acids is 1. The number of amides is 1. The first-order chi connectivity index (χ1) is 13.7. The van der Waals surface area contributed by atoms with Crippen molar-refractivity contribution in [2.24, 2.45) is 0 Å². The van der Waals surface area contributed by atoms with E-state index in [1.54, 1.807) is 18.4 Å². The summed E-state index contributed by atoms with van der Waals surface area (Å²) >= 11 is 1.57. The van der Waals surface area contributed by atoms with E-state index in [4.69, 9.17) is 4.74 Å². The maximum atomic E-state index is 12.7. The molecule has 1 amide bonds. The number of hydrogen-bond acceptors (Lipinski definition) is 4. The molecule has 2 heterocycles. The van der Waals surface area contributed by atoms with Gasteiger partial charge in [-0.2, -0.15) is 0 Å². The molecular formula is C23H22N2O2S. The van der Waals surface area contributed by atoms with Gasteiger partial charge in [-0.1, -0.05) is 36.4 Å². The number of hydrogen-bond donors (Lipinski definition) is 0. The molecule has 0 atom stereocenters. The molecule has 1 aliphatic rings. The van der Waals surface area contributed by atoms with Gasteiger partial charge in [-0.25, -0.2) is 4.98 Å². The number of thiazole rings is 1. The summed E-state index contributed by atoms with van der Waals surface area (Å²) in [6, 6.07) is 18.2. The molecular weight excluding hydrogens is 368 g/mol. The highest BCUT2D eigenvalue weighted by Crippen LogP contribution is 2.26. The highest BCUT2D eigenvalue weighted by Gasteiger charge is 2.19. The van der Waals surface area contributed by atoms with Crippen molar-refractivity contribution in [3.63, 3.8) is 0 Å². The molecule has 28 heavy (non-hydrogen) atoms. The second kappa shape index (κ2) is 8.40. The van der Waals surface area contributed by atoms with Crippen LogP contribution in [0.1, 0.15) is 17.7 Å². The van der Waals surface area contributed by atoms with E-state index in [0.29, 0.717) is 13.0 Å². The van der Waals surface area contributed by atoms with Gasteiger partial charge in [0.2, 0.25) is 5.91 Å². The third-order valence-corrected chi connectivity index (χ3v) is 5.87. The van der Waals surface area contributed by atoms with Crippen LogP contribution >= 0.6 is 11.3 Å².